The predicted octanol–water partition coefficient (Wildman–Crippen LogP) is 0.419. The number of nitrogens with zero attached hydrogens (tertiary/aromatic N) is 2. The van der Waals surface area contributed by atoms with Gasteiger partial charge in [0.2, 0.25) is 0 Å². The van der Waals surface area contributed by atoms with Crippen molar-refractivity contribution in [1.82, 2.24) is 9.80 Å². The lowest BCUT2D eigenvalue weighted by Crippen LogP contribution is -2.53. The summed E-state index contributed by atoms with van der Waals surface area (Å²) < 4.78 is 5.50. The van der Waals surface area contributed by atoms with Crippen LogP contribution in [-0.2, 0) is 14.3 Å². The molecule has 6 nitrogen and oxygen atoms in total. The first kappa shape index (κ1) is 15.9. The van der Waals surface area contributed by atoms with E-state index in [0.717, 1.165) is 19.5 Å². The van der Waals surface area contributed by atoms with Crippen LogP contribution >= 0.6 is 0 Å². The fourth-order valence-corrected chi connectivity index (χ4v) is 2.14. The molecule has 1 aliphatic heterocycles. The summed E-state index contributed by atoms with van der Waals surface area (Å²) in [6, 6.07) is -0.0933. The van der Waals surface area contributed by atoms with Crippen LogP contribution in [-0.4, -0.2) is 71.7 Å². The Morgan fingerprint density at radius 2 is 2.16 bits per heavy atom. The molecule has 0 aromatic carbocycles. The summed E-state index contributed by atoms with van der Waals surface area (Å²) in [5, 5.41) is 8.93. The van der Waals surface area contributed by atoms with Crippen LogP contribution in [0.15, 0.2) is 0 Å². The zero-order valence-electron chi connectivity index (χ0n) is 12.0. The molecule has 19 heavy (non-hydrogen) atoms. The number of ether oxygens (including phenoxy) is 1. The predicted molar refractivity (Wildman–Crippen MR) is 71.0 cm³/mol. The summed E-state index contributed by atoms with van der Waals surface area (Å²) in [6.07, 6.45) is 0.186. The molecule has 1 heterocycles. The molecule has 1 aliphatic rings. The zero-order valence-corrected chi connectivity index (χ0v) is 12.0. The Bertz CT molecular complexity index is 322. The number of carbonyl (C=O) groups is 2. The molecule has 110 valence electrons. The smallest absolute Gasteiger partial charge is 0.323 e. The van der Waals surface area contributed by atoms with E-state index in [4.69, 9.17) is 9.84 Å². The first-order chi connectivity index (χ1) is 8.99. The number of carboxylic acids is 1. The lowest BCUT2D eigenvalue weighted by atomic mass is 10.1. The van der Waals surface area contributed by atoms with E-state index < -0.39 is 12.1 Å². The van der Waals surface area contributed by atoms with E-state index >= 15 is 0 Å². The van der Waals surface area contributed by atoms with Gasteiger partial charge in [-0.15, -0.1) is 0 Å². The van der Waals surface area contributed by atoms with E-state index in [0.29, 0.717) is 13.2 Å². The van der Waals surface area contributed by atoms with Crippen LogP contribution in [0.25, 0.3) is 0 Å². The molecule has 0 aromatic heterocycles. The summed E-state index contributed by atoms with van der Waals surface area (Å²) in [4.78, 5) is 26.8. The van der Waals surface area contributed by atoms with Gasteiger partial charge in [0.05, 0.1) is 6.61 Å². The van der Waals surface area contributed by atoms with Gasteiger partial charge in [0.15, 0.2) is 0 Å². The normalized spacial score (nSPS) is 21.9. The van der Waals surface area contributed by atoms with Crippen molar-refractivity contribution in [2.75, 3.05) is 32.8 Å². The molecule has 1 rings (SSSR count). The third kappa shape index (κ3) is 4.47. The molecule has 1 N–H and O–H groups in total. The molecule has 0 aromatic rings. The number of carbonyl (C=O) groups excluding carboxylic acids is 1. The van der Waals surface area contributed by atoms with E-state index in [2.05, 4.69) is 4.90 Å². The Hall–Kier alpha value is -1.14. The van der Waals surface area contributed by atoms with E-state index in [-0.39, 0.29) is 18.5 Å². The quantitative estimate of drug-likeness (QED) is 0.759. The molecule has 1 amide bonds. The van der Waals surface area contributed by atoms with Crippen molar-refractivity contribution in [3.63, 3.8) is 0 Å². The van der Waals surface area contributed by atoms with E-state index in [1.165, 1.54) is 4.90 Å². The Morgan fingerprint density at radius 3 is 2.68 bits per heavy atom. The number of likely N-dealkylation sites (N-methyl/N-ethyl adjacent to an activating group) is 1. The maximum absolute atomic E-state index is 12.4. The molecule has 0 aliphatic carbocycles. The van der Waals surface area contributed by atoms with Crippen LogP contribution in [0.5, 0.6) is 0 Å². The molecular weight excluding hydrogens is 248 g/mol. The third-order valence-corrected chi connectivity index (χ3v) is 3.58. The van der Waals surface area contributed by atoms with E-state index in [1.807, 2.05) is 20.8 Å². The maximum Gasteiger partial charge on any atom is 0.323 e. The number of amides is 1. The van der Waals surface area contributed by atoms with Gasteiger partial charge in [-0.1, -0.05) is 13.8 Å². The Labute approximate surface area is 114 Å². The molecule has 0 spiro atoms. The van der Waals surface area contributed by atoms with Crippen molar-refractivity contribution in [2.45, 2.75) is 39.3 Å². The zero-order chi connectivity index (χ0) is 14.4. The van der Waals surface area contributed by atoms with Crippen LogP contribution in [0.3, 0.4) is 0 Å². The highest BCUT2D eigenvalue weighted by molar-refractivity contribution is 5.85. The first-order valence-corrected chi connectivity index (χ1v) is 6.85. The lowest BCUT2D eigenvalue weighted by molar-refractivity contribution is -0.156. The second kappa shape index (κ2) is 7.45. The molecule has 6 heteroatoms. The largest absolute Gasteiger partial charge is 0.480 e. The lowest BCUT2D eigenvalue weighted by Gasteiger charge is -2.36. The van der Waals surface area contributed by atoms with Crippen molar-refractivity contribution in [2.24, 2.45) is 0 Å². The van der Waals surface area contributed by atoms with Crippen LogP contribution < -0.4 is 0 Å². The average molecular weight is 272 g/mol. The van der Waals surface area contributed by atoms with Gasteiger partial charge in [0, 0.05) is 19.1 Å². The van der Waals surface area contributed by atoms with Crippen LogP contribution in [0.4, 0.5) is 0 Å². The fraction of sp³-hybridized carbons (Fsp3) is 0.846. The molecular formula is C13H24N2O4. The molecule has 0 radical (unpaired) electrons. The van der Waals surface area contributed by atoms with Gasteiger partial charge in [-0.05, 0) is 19.9 Å². The van der Waals surface area contributed by atoms with Crippen LogP contribution in [0.2, 0.25) is 0 Å². The van der Waals surface area contributed by atoms with Gasteiger partial charge in [-0.2, -0.15) is 0 Å². The average Bonchev–Trinajstić information content (AvgIpc) is 2.43. The van der Waals surface area contributed by atoms with Crippen molar-refractivity contribution >= 4 is 11.9 Å². The van der Waals surface area contributed by atoms with Gasteiger partial charge >= 0.3 is 5.97 Å². The highest BCUT2D eigenvalue weighted by atomic mass is 16.5. The molecule has 1 fully saturated rings. The second-order valence-electron chi connectivity index (χ2n) is 4.87. The summed E-state index contributed by atoms with van der Waals surface area (Å²) in [6.45, 7) is 8.33. The van der Waals surface area contributed by atoms with Gasteiger partial charge in [-0.3, -0.25) is 14.5 Å². The fourth-order valence-electron chi connectivity index (χ4n) is 2.14. The third-order valence-electron chi connectivity index (χ3n) is 3.58. The number of hydrogen-bond acceptors (Lipinski definition) is 4. The highest BCUT2D eigenvalue weighted by Gasteiger charge is 2.32. The second-order valence-corrected chi connectivity index (χ2v) is 4.87. The van der Waals surface area contributed by atoms with Gasteiger partial charge < -0.3 is 14.7 Å². The molecule has 2 atom stereocenters. The number of morpholine rings is 1. The summed E-state index contributed by atoms with van der Waals surface area (Å²) in [5.41, 5.74) is 0. The van der Waals surface area contributed by atoms with Gasteiger partial charge in [-0.25, -0.2) is 0 Å². The van der Waals surface area contributed by atoms with Crippen molar-refractivity contribution in [3.05, 3.63) is 0 Å². The summed E-state index contributed by atoms with van der Waals surface area (Å²) in [5.74, 6) is -1.20. The molecule has 0 saturated carbocycles. The SMILES string of the molecule is CC[C@H](C)N(CC(=O)O)C(=O)[C@H]1CN(CC)CCO1. The van der Waals surface area contributed by atoms with Crippen molar-refractivity contribution < 1.29 is 19.4 Å². The van der Waals surface area contributed by atoms with E-state index in [9.17, 15) is 9.59 Å². The Balaban J connectivity index is 2.71. The van der Waals surface area contributed by atoms with Crippen LogP contribution in [0, 0.1) is 0 Å². The van der Waals surface area contributed by atoms with E-state index in [1.54, 1.807) is 0 Å². The monoisotopic (exact) mass is 272 g/mol. The number of carboxylic acid groups (broad SMARTS) is 1. The number of aliphatic carboxylic acids is 1. The maximum atomic E-state index is 12.4. The van der Waals surface area contributed by atoms with Crippen LogP contribution in [0.1, 0.15) is 27.2 Å². The minimum atomic E-state index is -0.989. The summed E-state index contributed by atoms with van der Waals surface area (Å²) >= 11 is 0. The summed E-state index contributed by atoms with van der Waals surface area (Å²) in [7, 11) is 0. The van der Waals surface area contributed by atoms with Crippen molar-refractivity contribution in [3.8, 4) is 0 Å². The topological polar surface area (TPSA) is 70.1 Å². The van der Waals surface area contributed by atoms with Crippen molar-refractivity contribution in [1.29, 1.82) is 0 Å². The van der Waals surface area contributed by atoms with Gasteiger partial charge in [0.1, 0.15) is 12.6 Å². The minimum absolute atomic E-state index is 0.0933. The highest BCUT2D eigenvalue weighted by Crippen LogP contribution is 2.12. The molecule has 0 bridgehead atoms. The number of hydrogen-bond donors (Lipinski definition) is 1. The van der Waals surface area contributed by atoms with Gasteiger partial charge in [0.25, 0.3) is 5.91 Å². The molecule has 0 unspecified atom stereocenters. The standard InChI is InChI=1S/C13H24N2O4/c1-4-10(3)15(9-12(16)17)13(18)11-8-14(5-2)6-7-19-11/h10-11H,4-9H2,1-3H3,(H,16,17)/t10-,11+/m0/s1. The Kier molecular flexibility index (Phi) is 6.24. The number of rotatable bonds is 6. The molecule has 1 saturated heterocycles. The Morgan fingerprint density at radius 1 is 1.47 bits per heavy atom. The first-order valence-electron chi connectivity index (χ1n) is 6.85. The minimum Gasteiger partial charge on any atom is -0.480 e.